The SMILES string of the molecule is O=C1C(=O)N(c2nnc(SCc3ccccc3Cl)s2)C(c2cccc(Oc3ccccc3)c2)C1=C(O)c1ccncc1. The van der Waals surface area contributed by atoms with Crippen molar-refractivity contribution in [3.8, 4) is 11.5 Å². The fraction of sp³-hybridized carbons (Fsp3) is 0.0645. The zero-order valence-electron chi connectivity index (χ0n) is 21.8. The van der Waals surface area contributed by atoms with Crippen LogP contribution >= 0.6 is 34.7 Å². The first kappa shape index (κ1) is 27.6. The molecule has 208 valence electrons. The van der Waals surface area contributed by atoms with Gasteiger partial charge in [0.05, 0.1) is 11.6 Å². The Kier molecular flexibility index (Phi) is 8.00. The predicted octanol–water partition coefficient (Wildman–Crippen LogP) is 7.30. The first-order valence-electron chi connectivity index (χ1n) is 12.7. The Morgan fingerprint density at radius 1 is 0.929 bits per heavy atom. The second-order valence-electron chi connectivity index (χ2n) is 9.12. The van der Waals surface area contributed by atoms with Crippen LogP contribution in [0.1, 0.15) is 22.7 Å². The molecule has 11 heteroatoms. The highest BCUT2D eigenvalue weighted by Gasteiger charge is 2.48. The summed E-state index contributed by atoms with van der Waals surface area (Å²) in [5.74, 6) is -0.271. The van der Waals surface area contributed by atoms with Gasteiger partial charge >= 0.3 is 5.91 Å². The smallest absolute Gasteiger partial charge is 0.301 e. The first-order chi connectivity index (χ1) is 20.5. The van der Waals surface area contributed by atoms with Crippen molar-refractivity contribution in [3.05, 3.63) is 131 Å². The van der Waals surface area contributed by atoms with Gasteiger partial charge in [0.1, 0.15) is 17.3 Å². The summed E-state index contributed by atoms with van der Waals surface area (Å²) in [4.78, 5) is 32.3. The number of hydrogen-bond acceptors (Lipinski definition) is 9. The number of nitrogens with zero attached hydrogens (tertiary/aromatic N) is 4. The van der Waals surface area contributed by atoms with Crippen molar-refractivity contribution in [2.24, 2.45) is 0 Å². The number of carbonyl (C=O) groups is 2. The maximum absolute atomic E-state index is 13.5. The van der Waals surface area contributed by atoms with Crippen molar-refractivity contribution in [1.82, 2.24) is 15.2 Å². The van der Waals surface area contributed by atoms with E-state index in [1.54, 1.807) is 36.4 Å². The number of carbonyl (C=O) groups excluding carboxylic acids is 2. The Bertz CT molecular complexity index is 1800. The number of benzene rings is 3. The minimum absolute atomic E-state index is 0.0662. The van der Waals surface area contributed by atoms with Crippen LogP contribution < -0.4 is 9.64 Å². The molecular weight excluding hydrogens is 592 g/mol. The second-order valence-corrected chi connectivity index (χ2v) is 11.7. The van der Waals surface area contributed by atoms with E-state index < -0.39 is 17.7 Å². The molecule has 8 nitrogen and oxygen atoms in total. The van der Waals surface area contributed by atoms with Gasteiger partial charge in [-0.15, -0.1) is 10.2 Å². The molecule has 0 radical (unpaired) electrons. The maximum Gasteiger partial charge on any atom is 0.301 e. The maximum atomic E-state index is 13.5. The van der Waals surface area contributed by atoms with Gasteiger partial charge in [0.25, 0.3) is 5.78 Å². The van der Waals surface area contributed by atoms with Crippen LogP contribution in [0.3, 0.4) is 0 Å². The van der Waals surface area contributed by atoms with Gasteiger partial charge in [-0.1, -0.05) is 83.2 Å². The molecule has 1 amide bonds. The predicted molar refractivity (Wildman–Crippen MR) is 163 cm³/mol. The molecule has 0 saturated carbocycles. The standard InChI is InChI=1S/C31H21ClN4O4S2/c32-24-12-5-4-7-21(24)18-41-31-35-34-30(42-31)36-26(20-8-6-11-23(17-20)40-22-9-2-1-3-10-22)25(28(38)29(36)39)27(37)19-13-15-33-16-14-19/h1-17,26,37H,18H2. The van der Waals surface area contributed by atoms with E-state index in [2.05, 4.69) is 15.2 Å². The van der Waals surface area contributed by atoms with Crippen molar-refractivity contribution in [2.45, 2.75) is 16.1 Å². The molecule has 1 atom stereocenters. The van der Waals surface area contributed by atoms with Crippen molar-refractivity contribution in [2.75, 3.05) is 4.90 Å². The van der Waals surface area contributed by atoms with Crippen LogP contribution in [-0.4, -0.2) is 32.0 Å². The molecule has 3 aromatic carbocycles. The molecule has 42 heavy (non-hydrogen) atoms. The van der Waals surface area contributed by atoms with Crippen LogP contribution in [0.25, 0.3) is 5.76 Å². The average molecular weight is 613 g/mol. The number of rotatable bonds is 8. The molecule has 5 aromatic rings. The molecule has 0 spiro atoms. The number of para-hydroxylation sites is 1. The summed E-state index contributed by atoms with van der Waals surface area (Å²) in [5.41, 5.74) is 1.79. The molecule has 1 unspecified atom stereocenters. The number of hydrogen-bond donors (Lipinski definition) is 1. The number of aliphatic hydroxyl groups is 1. The van der Waals surface area contributed by atoms with Crippen LogP contribution in [0.4, 0.5) is 5.13 Å². The van der Waals surface area contributed by atoms with Crippen molar-refractivity contribution in [3.63, 3.8) is 0 Å². The normalized spacial score (nSPS) is 16.1. The molecule has 1 aliphatic rings. The number of amides is 1. The lowest BCUT2D eigenvalue weighted by molar-refractivity contribution is -0.132. The van der Waals surface area contributed by atoms with Gasteiger partial charge in [-0.3, -0.25) is 19.5 Å². The highest BCUT2D eigenvalue weighted by Crippen LogP contribution is 2.45. The highest BCUT2D eigenvalue weighted by molar-refractivity contribution is 8.00. The molecule has 0 bridgehead atoms. The minimum atomic E-state index is -0.980. The van der Waals surface area contributed by atoms with Crippen molar-refractivity contribution < 1.29 is 19.4 Å². The second kappa shape index (κ2) is 12.2. The molecular formula is C31H21ClN4O4S2. The fourth-order valence-electron chi connectivity index (χ4n) is 4.50. The quantitative estimate of drug-likeness (QED) is 0.0640. The number of halogens is 1. The van der Waals surface area contributed by atoms with E-state index in [0.29, 0.717) is 37.7 Å². The lowest BCUT2D eigenvalue weighted by Gasteiger charge is -2.23. The lowest BCUT2D eigenvalue weighted by atomic mass is 9.95. The number of ether oxygens (including phenoxy) is 1. The van der Waals surface area contributed by atoms with Gasteiger partial charge in [-0.05, 0) is 53.6 Å². The number of aromatic nitrogens is 3. The highest BCUT2D eigenvalue weighted by atomic mass is 35.5. The summed E-state index contributed by atoms with van der Waals surface area (Å²) >= 11 is 8.91. The van der Waals surface area contributed by atoms with Crippen LogP contribution in [0.5, 0.6) is 11.5 Å². The number of ketones is 1. The molecule has 2 aromatic heterocycles. The number of thioether (sulfide) groups is 1. The molecule has 6 rings (SSSR count). The molecule has 3 heterocycles. The van der Waals surface area contributed by atoms with E-state index in [0.717, 1.165) is 5.56 Å². The molecule has 0 aliphatic carbocycles. The Hall–Kier alpha value is -4.51. The van der Waals surface area contributed by atoms with E-state index in [9.17, 15) is 14.7 Å². The van der Waals surface area contributed by atoms with Gasteiger partial charge in [0.15, 0.2) is 4.34 Å². The summed E-state index contributed by atoms with van der Waals surface area (Å²) in [6.07, 6.45) is 3.00. The number of aliphatic hydroxyl groups excluding tert-OH is 1. The Labute approximate surface area is 254 Å². The third-order valence-corrected chi connectivity index (χ3v) is 8.94. The van der Waals surface area contributed by atoms with E-state index in [-0.39, 0.29) is 16.5 Å². The zero-order chi connectivity index (χ0) is 29.1. The molecule has 1 saturated heterocycles. The van der Waals surface area contributed by atoms with Gasteiger partial charge in [-0.2, -0.15) is 0 Å². The van der Waals surface area contributed by atoms with E-state index in [4.69, 9.17) is 16.3 Å². The Morgan fingerprint density at radius 2 is 1.67 bits per heavy atom. The third-order valence-electron chi connectivity index (χ3n) is 6.46. The summed E-state index contributed by atoms with van der Waals surface area (Å²) in [6.45, 7) is 0. The summed E-state index contributed by atoms with van der Waals surface area (Å²) in [6, 6.07) is 26.0. The van der Waals surface area contributed by atoms with Gasteiger partial charge in [0, 0.05) is 28.7 Å². The minimum Gasteiger partial charge on any atom is -0.507 e. The van der Waals surface area contributed by atoms with Gasteiger partial charge in [-0.25, -0.2) is 0 Å². The average Bonchev–Trinajstić information content (AvgIpc) is 3.59. The molecule has 1 aliphatic heterocycles. The number of anilines is 1. The fourth-order valence-corrected chi connectivity index (χ4v) is 6.65. The van der Waals surface area contributed by atoms with Crippen LogP contribution in [0.2, 0.25) is 5.02 Å². The number of pyridine rings is 1. The summed E-state index contributed by atoms with van der Waals surface area (Å²) in [7, 11) is 0. The monoisotopic (exact) mass is 612 g/mol. The van der Waals surface area contributed by atoms with Crippen LogP contribution in [0.15, 0.2) is 113 Å². The summed E-state index contributed by atoms with van der Waals surface area (Å²) < 4.78 is 6.62. The van der Waals surface area contributed by atoms with Crippen LogP contribution in [-0.2, 0) is 15.3 Å². The Morgan fingerprint density at radius 3 is 2.45 bits per heavy atom. The lowest BCUT2D eigenvalue weighted by Crippen LogP contribution is -2.29. The third kappa shape index (κ3) is 5.64. The van der Waals surface area contributed by atoms with E-state index in [1.165, 1.54) is 40.4 Å². The van der Waals surface area contributed by atoms with E-state index >= 15 is 0 Å². The molecule has 1 N–H and O–H groups in total. The zero-order valence-corrected chi connectivity index (χ0v) is 24.1. The van der Waals surface area contributed by atoms with Gasteiger partial charge in [0.2, 0.25) is 5.13 Å². The number of Topliss-reactive ketones (excluding diaryl/α,β-unsaturated/α-hetero) is 1. The first-order valence-corrected chi connectivity index (χ1v) is 14.9. The molecule has 1 fully saturated rings. The van der Waals surface area contributed by atoms with Crippen molar-refractivity contribution in [1.29, 1.82) is 0 Å². The van der Waals surface area contributed by atoms with E-state index in [1.807, 2.05) is 54.6 Å². The van der Waals surface area contributed by atoms with Crippen molar-refractivity contribution >= 4 is 57.3 Å². The summed E-state index contributed by atoms with van der Waals surface area (Å²) in [5, 5.41) is 20.7. The topological polar surface area (TPSA) is 106 Å². The van der Waals surface area contributed by atoms with Crippen LogP contribution in [0, 0.1) is 0 Å². The Balaban J connectivity index is 1.39. The largest absolute Gasteiger partial charge is 0.507 e. The van der Waals surface area contributed by atoms with Gasteiger partial charge < -0.3 is 9.84 Å².